The van der Waals surface area contributed by atoms with Gasteiger partial charge in [0.15, 0.2) is 0 Å². The number of aliphatic carboxylic acids is 1. The average molecular weight is 1760 g/mol. The molecule has 0 spiro atoms. The maximum atomic E-state index is 11.5. The number of rotatable bonds is 37. The van der Waals surface area contributed by atoms with Crippen LogP contribution in [0.25, 0.3) is 0 Å². The van der Waals surface area contributed by atoms with Crippen LogP contribution in [0.4, 0.5) is 0 Å². The van der Waals surface area contributed by atoms with E-state index in [-0.39, 0.29) is 84.6 Å². The number of ketones is 4. The summed E-state index contributed by atoms with van der Waals surface area (Å²) < 4.78 is 19.2. The summed E-state index contributed by atoms with van der Waals surface area (Å²) >= 11 is 0. The molecule has 0 bridgehead atoms. The molecular weight excluding hydrogens is 1580 g/mol. The molecule has 15 heteroatoms. The van der Waals surface area contributed by atoms with Crippen molar-refractivity contribution in [3.05, 3.63) is 174 Å². The SMILES string of the molecule is CC(C)(C#N)CCC(=O)O.CC(C)(C)c1ccc(C(C)(C)C)cc1.CC(C)c1ccc(C(C)C)cc1.CCC(=O)C(C)COC.CCC(=O)CCOC.CCc1c(CC)c(CC)c(CC)c(CC)c1CC.CCc1cc(CC)c(CC)cc1CC.CCc1ccc(CC)cc1.COCC(C)C(=O)CCC(C)(C)C#N.COCCC(=O)CCC(C)(C)C#N.S.S. The minimum Gasteiger partial charge on any atom is -0.481 e. The maximum absolute atomic E-state index is 11.5. The lowest BCUT2D eigenvalue weighted by atomic mass is 9.81. The number of methoxy groups -OCH3 is 4. The van der Waals surface area contributed by atoms with Gasteiger partial charge < -0.3 is 24.1 Å². The van der Waals surface area contributed by atoms with E-state index in [0.29, 0.717) is 96.1 Å². The number of nitrogens with zero attached hydrogens (tertiary/aromatic N) is 3. The van der Waals surface area contributed by atoms with Crippen LogP contribution in [0.3, 0.4) is 0 Å². The van der Waals surface area contributed by atoms with Gasteiger partial charge in [-0.3, -0.25) is 24.0 Å². The summed E-state index contributed by atoms with van der Waals surface area (Å²) in [5.41, 5.74) is 23.9. The van der Waals surface area contributed by atoms with Gasteiger partial charge >= 0.3 is 5.97 Å². The summed E-state index contributed by atoms with van der Waals surface area (Å²) in [5.74, 6) is 1.35. The summed E-state index contributed by atoms with van der Waals surface area (Å²) in [6.07, 6.45) is 19.0. The van der Waals surface area contributed by atoms with Crippen LogP contribution in [0, 0.1) is 62.1 Å². The van der Waals surface area contributed by atoms with Gasteiger partial charge in [-0.05, 0) is 250 Å². The molecule has 124 heavy (non-hydrogen) atoms. The molecule has 0 heterocycles. The summed E-state index contributed by atoms with van der Waals surface area (Å²) in [6.45, 7) is 70.0. The van der Waals surface area contributed by atoms with Crippen molar-refractivity contribution >= 4 is 56.1 Å². The Morgan fingerprint density at radius 3 is 0.815 bits per heavy atom. The van der Waals surface area contributed by atoms with Crippen LogP contribution >= 0.6 is 27.0 Å². The molecule has 2 atom stereocenters. The van der Waals surface area contributed by atoms with Crippen molar-refractivity contribution in [3.8, 4) is 18.2 Å². The Bertz CT molecular complexity index is 3520. The van der Waals surface area contributed by atoms with Gasteiger partial charge in [-0.1, -0.05) is 265 Å². The highest BCUT2D eigenvalue weighted by Crippen LogP contribution is 2.33. The number of carboxylic acids is 1. The fourth-order valence-electron chi connectivity index (χ4n) is 13.0. The summed E-state index contributed by atoms with van der Waals surface area (Å²) in [7, 11) is 6.37. The third-order valence-electron chi connectivity index (χ3n) is 21.8. The minimum absolute atomic E-state index is 0. The van der Waals surface area contributed by atoms with Crippen molar-refractivity contribution in [2.24, 2.45) is 28.1 Å². The van der Waals surface area contributed by atoms with Crippen LogP contribution in [0.2, 0.25) is 0 Å². The molecule has 2 unspecified atom stereocenters. The van der Waals surface area contributed by atoms with E-state index < -0.39 is 16.8 Å². The van der Waals surface area contributed by atoms with E-state index >= 15 is 0 Å². The topological polar surface area (TPSA) is 214 Å². The first kappa shape index (κ1) is 130. The first-order valence-electron chi connectivity index (χ1n) is 46.2. The van der Waals surface area contributed by atoms with Gasteiger partial charge in [-0.25, -0.2) is 0 Å². The molecule has 0 fully saturated rings. The van der Waals surface area contributed by atoms with E-state index in [1.807, 2.05) is 61.5 Å². The van der Waals surface area contributed by atoms with E-state index in [1.165, 1.54) is 97.6 Å². The van der Waals surface area contributed by atoms with Gasteiger partial charge in [0.2, 0.25) is 0 Å². The van der Waals surface area contributed by atoms with Crippen LogP contribution in [-0.4, -0.2) is 89.1 Å². The quantitative estimate of drug-likeness (QED) is 0.0392. The Labute approximate surface area is 775 Å². The third kappa shape index (κ3) is 58.6. The Hall–Kier alpha value is -6.74. The second-order valence-corrected chi connectivity index (χ2v) is 36.2. The lowest BCUT2D eigenvalue weighted by Crippen LogP contribution is -2.19. The molecule has 0 aliphatic rings. The number of carbonyl (C=O) groups is 5. The first-order chi connectivity index (χ1) is 57.1. The number of ether oxygens (including phenoxy) is 4. The van der Waals surface area contributed by atoms with Crippen LogP contribution in [0.5, 0.6) is 0 Å². The molecule has 13 nitrogen and oxygen atoms in total. The fourth-order valence-corrected chi connectivity index (χ4v) is 13.0. The predicted octanol–water partition coefficient (Wildman–Crippen LogP) is 28.0. The van der Waals surface area contributed by atoms with E-state index in [1.54, 1.807) is 97.9 Å². The largest absolute Gasteiger partial charge is 0.481 e. The average Bonchev–Trinajstić information content (AvgIpc) is 0.775. The molecule has 0 aliphatic carbocycles. The molecule has 0 radical (unpaired) electrons. The van der Waals surface area contributed by atoms with Crippen molar-refractivity contribution in [2.45, 2.75) is 385 Å². The number of Topliss-reactive ketones (excluding diaryl/α,β-unsaturated/α-hetero) is 4. The van der Waals surface area contributed by atoms with Crippen molar-refractivity contribution < 1.29 is 48.0 Å². The molecule has 0 amide bonds. The summed E-state index contributed by atoms with van der Waals surface area (Å²) in [5, 5.41) is 34.2. The summed E-state index contributed by atoms with van der Waals surface area (Å²) in [6, 6.07) is 38.0. The Morgan fingerprint density at radius 2 is 0.605 bits per heavy atom. The molecule has 5 rings (SSSR count). The molecule has 706 valence electrons. The van der Waals surface area contributed by atoms with Gasteiger partial charge in [0.05, 0.1) is 60.9 Å². The second-order valence-electron chi connectivity index (χ2n) is 36.2. The van der Waals surface area contributed by atoms with E-state index in [9.17, 15) is 24.0 Å². The van der Waals surface area contributed by atoms with Crippen molar-refractivity contribution in [2.75, 3.05) is 54.9 Å². The molecule has 5 aromatic rings. The molecular formula is C109H183N3O10S2. The highest BCUT2D eigenvalue weighted by Gasteiger charge is 2.24. The lowest BCUT2D eigenvalue weighted by molar-refractivity contribution is -0.137. The van der Waals surface area contributed by atoms with Gasteiger partial charge in [0.25, 0.3) is 0 Å². The van der Waals surface area contributed by atoms with Crippen molar-refractivity contribution in [3.63, 3.8) is 0 Å². The molecule has 5 aromatic carbocycles. The van der Waals surface area contributed by atoms with Gasteiger partial charge in [0.1, 0.15) is 23.1 Å². The molecule has 0 saturated heterocycles. The molecule has 0 saturated carbocycles. The number of hydrogen-bond donors (Lipinski definition) is 1. The first-order valence-corrected chi connectivity index (χ1v) is 46.2. The number of nitriles is 3. The number of carbonyl (C=O) groups excluding carboxylic acids is 4. The lowest BCUT2D eigenvalue weighted by Gasteiger charge is -2.24. The fraction of sp³-hybridized carbons (Fsp3) is 0.651. The monoisotopic (exact) mass is 1760 g/mol. The van der Waals surface area contributed by atoms with Crippen LogP contribution in [0.15, 0.2) is 84.9 Å². The minimum atomic E-state index is -0.844. The Morgan fingerprint density at radius 1 is 0.339 bits per heavy atom. The standard InChI is InChI=1S/C18H30.2C14H22.C12H18.C11H19NO2.C10H17NO2.C10H14.C7H11NO2.C7H14O2.C6H12O2.2H2S/c1-7-13-14(8-2)16(10-4)18(12-6)17(11-5)15(13)9-3;1-13(2,3)11-7-9-12(10-8-11)14(4,5)6;1-5-11-9-13(7-3)14(8-4)10-12(11)6-2;1-9(2)11-5-7-12(8-6-11)10(3)4;1-9(7-14-4)10(13)5-6-11(2,3)8-12;1-10(2,8-11)6-4-9(12)5-7-13-3;1-3-9-5-7-10(4-2)8-6-9;1-7(2,5-8)4-3-6(9)10;1-4-7(8)6(2)5-9-3;1-3-6(7)4-5-8-2;;/h7-12H2,1-6H3;7-10H,1-6H3;9-10H,5-8H2,1-4H3;5-10H,1-4H3;9H,5-7H2,1-4H3;4-7H2,1-3H3;5-8H,3-4H2,1-2H3;3-4H2,1-2H3,(H,9,10);6H,4-5H2,1-3H3;3-5H2,1-2H3;2*1H2. The number of benzene rings is 5. The van der Waals surface area contributed by atoms with Crippen LogP contribution < -0.4 is 0 Å². The number of carboxylic acid groups (broad SMARTS) is 1. The van der Waals surface area contributed by atoms with Gasteiger partial charge in [0, 0.05) is 85.2 Å². The van der Waals surface area contributed by atoms with Crippen molar-refractivity contribution in [1.29, 1.82) is 15.8 Å². The predicted molar refractivity (Wildman–Crippen MR) is 540 cm³/mol. The van der Waals surface area contributed by atoms with E-state index in [4.69, 9.17) is 39.8 Å². The second kappa shape index (κ2) is 73.2. The molecule has 0 aromatic heterocycles. The number of hydrogen-bond acceptors (Lipinski definition) is 12. The zero-order valence-corrected chi connectivity index (χ0v) is 87.7. The number of aryl methyl sites for hydroxylation is 6. The third-order valence-corrected chi connectivity index (χ3v) is 21.8. The highest BCUT2D eigenvalue weighted by molar-refractivity contribution is 7.59. The van der Waals surface area contributed by atoms with Crippen molar-refractivity contribution in [1.82, 2.24) is 0 Å². The van der Waals surface area contributed by atoms with Gasteiger partial charge in [-0.2, -0.15) is 42.8 Å². The summed E-state index contributed by atoms with van der Waals surface area (Å²) in [4.78, 5) is 54.0. The van der Waals surface area contributed by atoms with Gasteiger partial charge in [-0.15, -0.1) is 0 Å². The van der Waals surface area contributed by atoms with Crippen LogP contribution in [0.1, 0.15) is 387 Å². The highest BCUT2D eigenvalue weighted by atomic mass is 32.1. The molecule has 0 aliphatic heterocycles. The van der Waals surface area contributed by atoms with E-state index in [0.717, 1.165) is 12.8 Å². The van der Waals surface area contributed by atoms with E-state index in [2.05, 4.69) is 249 Å². The smallest absolute Gasteiger partial charge is 0.303 e. The Balaban J connectivity index is -0.000000247. The molecule has 1 N–H and O–H groups in total. The maximum Gasteiger partial charge on any atom is 0.303 e. The Kier molecular flexibility index (Phi) is 77.0. The zero-order chi connectivity index (χ0) is 95.2. The zero-order valence-electron chi connectivity index (χ0n) is 85.7. The van der Waals surface area contributed by atoms with Crippen LogP contribution in [-0.2, 0) is 131 Å². The normalized spacial score (nSPS) is 11.2.